The highest BCUT2D eigenvalue weighted by Crippen LogP contribution is 2.33. The molecule has 2 aromatic rings. The lowest BCUT2D eigenvalue weighted by Crippen LogP contribution is -1.99. The first-order valence-corrected chi connectivity index (χ1v) is 6.01. The maximum absolute atomic E-state index is 9.77. The molecule has 96 valence electrons. The van der Waals surface area contributed by atoms with E-state index in [-0.39, 0.29) is 5.75 Å². The molecular weight excluding hydrogens is 228 g/mol. The Morgan fingerprint density at radius 1 is 1.28 bits per heavy atom. The van der Waals surface area contributed by atoms with E-state index in [9.17, 15) is 5.11 Å². The molecule has 4 nitrogen and oxygen atoms in total. The number of aromatic nitrogens is 2. The molecule has 0 atom stereocenters. The van der Waals surface area contributed by atoms with Crippen molar-refractivity contribution in [3.05, 3.63) is 29.3 Å². The molecule has 2 rings (SSSR count). The van der Waals surface area contributed by atoms with Crippen LogP contribution in [-0.2, 0) is 7.05 Å². The lowest BCUT2D eigenvalue weighted by molar-refractivity contribution is 0.307. The Bertz CT molecular complexity index is 573. The van der Waals surface area contributed by atoms with Crippen LogP contribution in [0.4, 0.5) is 0 Å². The molecule has 0 bridgehead atoms. The Hall–Kier alpha value is -1.97. The predicted molar refractivity (Wildman–Crippen MR) is 71.0 cm³/mol. The van der Waals surface area contributed by atoms with Crippen LogP contribution in [0.3, 0.4) is 0 Å². The molecule has 0 aliphatic rings. The second kappa shape index (κ2) is 4.72. The summed E-state index contributed by atoms with van der Waals surface area (Å²) in [6, 6.07) is 5.47. The van der Waals surface area contributed by atoms with Crippen molar-refractivity contribution in [1.29, 1.82) is 0 Å². The first-order valence-electron chi connectivity index (χ1n) is 6.01. The predicted octanol–water partition coefficient (Wildman–Crippen LogP) is 2.81. The molecule has 0 radical (unpaired) electrons. The number of aromatic hydroxyl groups is 1. The van der Waals surface area contributed by atoms with Gasteiger partial charge < -0.3 is 9.84 Å². The van der Waals surface area contributed by atoms with Crippen molar-refractivity contribution in [1.82, 2.24) is 9.78 Å². The number of benzene rings is 1. The molecule has 1 aromatic carbocycles. The molecule has 0 fully saturated rings. The van der Waals surface area contributed by atoms with Crippen LogP contribution in [0.5, 0.6) is 11.6 Å². The Morgan fingerprint density at radius 2 is 2.00 bits per heavy atom. The van der Waals surface area contributed by atoms with E-state index in [0.29, 0.717) is 6.61 Å². The number of phenols is 1. The fraction of sp³-hybridized carbons (Fsp3) is 0.357. The van der Waals surface area contributed by atoms with Gasteiger partial charge in [-0.2, -0.15) is 5.10 Å². The zero-order valence-electron chi connectivity index (χ0n) is 11.2. The lowest BCUT2D eigenvalue weighted by Gasteiger charge is -2.06. The van der Waals surface area contributed by atoms with Gasteiger partial charge >= 0.3 is 0 Å². The van der Waals surface area contributed by atoms with Crippen molar-refractivity contribution in [3.8, 4) is 22.9 Å². The Labute approximate surface area is 107 Å². The van der Waals surface area contributed by atoms with Crippen molar-refractivity contribution in [2.45, 2.75) is 20.8 Å². The largest absolute Gasteiger partial charge is 0.508 e. The molecular formula is C14H18N2O2. The summed E-state index contributed by atoms with van der Waals surface area (Å²) in [6.07, 6.45) is 0. The first-order chi connectivity index (χ1) is 8.56. The molecule has 0 aliphatic carbocycles. The van der Waals surface area contributed by atoms with E-state index in [0.717, 1.165) is 28.3 Å². The summed E-state index contributed by atoms with van der Waals surface area (Å²) in [5, 5.41) is 14.2. The van der Waals surface area contributed by atoms with Gasteiger partial charge in [0.15, 0.2) is 0 Å². The number of aryl methyl sites for hydroxylation is 1. The van der Waals surface area contributed by atoms with Crippen molar-refractivity contribution < 1.29 is 9.84 Å². The zero-order chi connectivity index (χ0) is 13.3. The normalized spacial score (nSPS) is 10.7. The average Bonchev–Trinajstić information content (AvgIpc) is 2.61. The van der Waals surface area contributed by atoms with Crippen LogP contribution in [0.1, 0.15) is 18.1 Å². The van der Waals surface area contributed by atoms with Gasteiger partial charge in [0.1, 0.15) is 5.75 Å². The van der Waals surface area contributed by atoms with E-state index in [4.69, 9.17) is 4.74 Å². The minimum absolute atomic E-state index is 0.288. The van der Waals surface area contributed by atoms with Crippen LogP contribution in [0.15, 0.2) is 18.2 Å². The SMILES string of the molecule is CCOc1c(C)c(-c2cccc(O)c2C)nn1C. The number of nitrogens with zero attached hydrogens (tertiary/aromatic N) is 2. The van der Waals surface area contributed by atoms with E-state index >= 15 is 0 Å². The van der Waals surface area contributed by atoms with Gasteiger partial charge in [-0.15, -0.1) is 0 Å². The number of hydrogen-bond acceptors (Lipinski definition) is 3. The van der Waals surface area contributed by atoms with Crippen molar-refractivity contribution in [3.63, 3.8) is 0 Å². The third-order valence-electron chi connectivity index (χ3n) is 3.06. The highest BCUT2D eigenvalue weighted by atomic mass is 16.5. The van der Waals surface area contributed by atoms with Gasteiger partial charge in [0.2, 0.25) is 5.88 Å². The number of ether oxygens (including phenoxy) is 1. The Balaban J connectivity index is 2.58. The maximum Gasteiger partial charge on any atom is 0.215 e. The zero-order valence-corrected chi connectivity index (χ0v) is 11.2. The summed E-state index contributed by atoms with van der Waals surface area (Å²) in [5.74, 6) is 1.06. The van der Waals surface area contributed by atoms with E-state index in [2.05, 4.69) is 5.10 Å². The highest BCUT2D eigenvalue weighted by Gasteiger charge is 2.17. The quantitative estimate of drug-likeness (QED) is 0.905. The second-order valence-electron chi connectivity index (χ2n) is 4.29. The minimum atomic E-state index is 0.288. The molecule has 0 aliphatic heterocycles. The van der Waals surface area contributed by atoms with Gasteiger partial charge in [0.25, 0.3) is 0 Å². The van der Waals surface area contributed by atoms with Gasteiger partial charge in [-0.3, -0.25) is 0 Å². The summed E-state index contributed by atoms with van der Waals surface area (Å²) in [5.41, 5.74) is 3.62. The van der Waals surface area contributed by atoms with E-state index < -0.39 is 0 Å². The molecule has 0 spiro atoms. The summed E-state index contributed by atoms with van der Waals surface area (Å²) >= 11 is 0. The third-order valence-corrected chi connectivity index (χ3v) is 3.06. The molecule has 0 saturated heterocycles. The van der Waals surface area contributed by atoms with Crippen LogP contribution >= 0.6 is 0 Å². The lowest BCUT2D eigenvalue weighted by atomic mass is 10.0. The third kappa shape index (κ3) is 1.94. The van der Waals surface area contributed by atoms with Gasteiger partial charge in [-0.05, 0) is 26.8 Å². The number of rotatable bonds is 3. The summed E-state index contributed by atoms with van der Waals surface area (Å²) in [6.45, 7) is 6.43. The molecule has 0 amide bonds. The summed E-state index contributed by atoms with van der Waals surface area (Å²) < 4.78 is 7.31. The Kier molecular flexibility index (Phi) is 3.28. The van der Waals surface area contributed by atoms with E-state index in [1.54, 1.807) is 10.7 Å². The fourth-order valence-electron chi connectivity index (χ4n) is 2.09. The average molecular weight is 246 g/mol. The molecule has 0 unspecified atom stereocenters. The molecule has 0 saturated carbocycles. The van der Waals surface area contributed by atoms with Crippen LogP contribution in [0.2, 0.25) is 0 Å². The van der Waals surface area contributed by atoms with Crippen LogP contribution in [0.25, 0.3) is 11.3 Å². The smallest absolute Gasteiger partial charge is 0.215 e. The highest BCUT2D eigenvalue weighted by molar-refractivity contribution is 5.70. The van der Waals surface area contributed by atoms with E-state index in [1.165, 1.54) is 0 Å². The van der Waals surface area contributed by atoms with Crippen LogP contribution in [0, 0.1) is 13.8 Å². The van der Waals surface area contributed by atoms with Crippen molar-refractivity contribution in [2.24, 2.45) is 7.05 Å². The summed E-state index contributed by atoms with van der Waals surface area (Å²) in [4.78, 5) is 0. The van der Waals surface area contributed by atoms with Gasteiger partial charge in [-0.1, -0.05) is 12.1 Å². The molecule has 18 heavy (non-hydrogen) atoms. The fourth-order valence-corrected chi connectivity index (χ4v) is 2.09. The number of hydrogen-bond donors (Lipinski definition) is 1. The molecule has 1 N–H and O–H groups in total. The number of phenolic OH excluding ortho intramolecular Hbond substituents is 1. The first kappa shape index (κ1) is 12.5. The molecule has 4 heteroatoms. The Morgan fingerprint density at radius 3 is 2.67 bits per heavy atom. The maximum atomic E-state index is 9.77. The standard InChI is InChI=1S/C14H18N2O2/c1-5-18-14-10(3)13(15-16(14)4)11-7-6-8-12(17)9(11)2/h6-8,17H,5H2,1-4H3. The van der Waals surface area contributed by atoms with Crippen LogP contribution in [-0.4, -0.2) is 21.5 Å². The van der Waals surface area contributed by atoms with Crippen molar-refractivity contribution >= 4 is 0 Å². The minimum Gasteiger partial charge on any atom is -0.508 e. The van der Waals surface area contributed by atoms with Gasteiger partial charge in [-0.25, -0.2) is 4.68 Å². The second-order valence-corrected chi connectivity index (χ2v) is 4.29. The van der Waals surface area contributed by atoms with E-state index in [1.807, 2.05) is 40.0 Å². The van der Waals surface area contributed by atoms with Gasteiger partial charge in [0, 0.05) is 23.7 Å². The monoisotopic (exact) mass is 246 g/mol. The van der Waals surface area contributed by atoms with Gasteiger partial charge in [0.05, 0.1) is 12.3 Å². The molecule has 1 heterocycles. The topological polar surface area (TPSA) is 47.3 Å². The summed E-state index contributed by atoms with van der Waals surface area (Å²) in [7, 11) is 1.86. The van der Waals surface area contributed by atoms with Crippen molar-refractivity contribution in [2.75, 3.05) is 6.61 Å². The van der Waals surface area contributed by atoms with Crippen LogP contribution < -0.4 is 4.74 Å². The molecule has 1 aromatic heterocycles.